The first-order valence-electron chi connectivity index (χ1n) is 4.63. The predicted molar refractivity (Wildman–Crippen MR) is 45.6 cm³/mol. The van der Waals surface area contributed by atoms with Crippen molar-refractivity contribution in [3.8, 4) is 0 Å². The first kappa shape index (κ1) is 6.66. The van der Waals surface area contributed by atoms with Gasteiger partial charge in [-0.05, 0) is 36.9 Å². The van der Waals surface area contributed by atoms with E-state index in [4.69, 9.17) is 0 Å². The lowest BCUT2D eigenvalue weighted by Crippen LogP contribution is -2.17. The number of piperidine rings is 1. The number of hydrogen-bond donors (Lipinski definition) is 1. The molecule has 3 nitrogen and oxygen atoms in total. The van der Waals surface area contributed by atoms with Gasteiger partial charge >= 0.3 is 0 Å². The normalized spacial score (nSPS) is 38.2. The molecule has 1 unspecified atom stereocenters. The van der Waals surface area contributed by atoms with Crippen molar-refractivity contribution < 1.29 is 0 Å². The summed E-state index contributed by atoms with van der Waals surface area (Å²) in [5, 5.41) is 7.62. The van der Waals surface area contributed by atoms with E-state index in [9.17, 15) is 0 Å². The van der Waals surface area contributed by atoms with Gasteiger partial charge in [0.1, 0.15) is 0 Å². The van der Waals surface area contributed by atoms with Gasteiger partial charge in [-0.3, -0.25) is 4.68 Å². The maximum atomic E-state index is 4.22. The molecule has 2 aliphatic rings. The molecule has 0 amide bonds. The highest BCUT2D eigenvalue weighted by molar-refractivity contribution is 5.03. The second-order valence-electron chi connectivity index (χ2n) is 3.88. The minimum Gasteiger partial charge on any atom is -0.316 e. The summed E-state index contributed by atoms with van der Waals surface area (Å²) in [6.07, 6.45) is 3.91. The van der Waals surface area contributed by atoms with Crippen LogP contribution in [-0.4, -0.2) is 22.9 Å². The van der Waals surface area contributed by atoms with Gasteiger partial charge < -0.3 is 5.32 Å². The Hall–Kier alpha value is -0.830. The third-order valence-corrected chi connectivity index (χ3v) is 3.23. The van der Waals surface area contributed by atoms with Crippen molar-refractivity contribution >= 4 is 0 Å². The molecule has 2 fully saturated rings. The molecular weight excluding hydrogens is 150 g/mol. The zero-order valence-electron chi connectivity index (χ0n) is 6.98. The SMILES string of the molecule is c1cnn(CC2[C@H]3CNC[C@@H]23)c1. The van der Waals surface area contributed by atoms with Crippen molar-refractivity contribution in [3.05, 3.63) is 18.5 Å². The van der Waals surface area contributed by atoms with Crippen LogP contribution in [0, 0.1) is 17.8 Å². The Morgan fingerprint density at radius 2 is 2.25 bits per heavy atom. The van der Waals surface area contributed by atoms with Crippen molar-refractivity contribution in [2.24, 2.45) is 17.8 Å². The van der Waals surface area contributed by atoms with Gasteiger partial charge in [0.05, 0.1) is 0 Å². The second-order valence-corrected chi connectivity index (χ2v) is 3.88. The van der Waals surface area contributed by atoms with Crippen LogP contribution in [0.2, 0.25) is 0 Å². The summed E-state index contributed by atoms with van der Waals surface area (Å²) in [7, 11) is 0. The van der Waals surface area contributed by atoms with Gasteiger partial charge in [-0.1, -0.05) is 0 Å². The molecule has 1 aliphatic carbocycles. The highest BCUT2D eigenvalue weighted by Gasteiger charge is 2.52. The van der Waals surface area contributed by atoms with Crippen LogP contribution in [0.5, 0.6) is 0 Å². The molecule has 64 valence electrons. The Morgan fingerprint density at radius 1 is 1.42 bits per heavy atom. The van der Waals surface area contributed by atoms with E-state index in [1.165, 1.54) is 13.1 Å². The summed E-state index contributed by atoms with van der Waals surface area (Å²) < 4.78 is 2.06. The topological polar surface area (TPSA) is 29.9 Å². The number of fused-ring (bicyclic) bond motifs is 1. The summed E-state index contributed by atoms with van der Waals surface area (Å²) in [6, 6.07) is 2.00. The third-order valence-electron chi connectivity index (χ3n) is 3.23. The lowest BCUT2D eigenvalue weighted by molar-refractivity contribution is 0.484. The molecule has 1 N–H and O–H groups in total. The molecule has 1 aromatic heterocycles. The van der Waals surface area contributed by atoms with Crippen molar-refractivity contribution in [2.45, 2.75) is 6.54 Å². The number of nitrogens with one attached hydrogen (secondary N) is 1. The van der Waals surface area contributed by atoms with Gasteiger partial charge in [0, 0.05) is 18.9 Å². The standard InChI is InChI=1S/C9H13N3/c1-2-11-12(3-1)6-9-7-4-10-5-8(7)9/h1-3,7-10H,4-6H2/t7-,8+,9?. The van der Waals surface area contributed by atoms with Crippen LogP contribution < -0.4 is 5.32 Å². The van der Waals surface area contributed by atoms with Crippen molar-refractivity contribution in [3.63, 3.8) is 0 Å². The molecular formula is C9H13N3. The van der Waals surface area contributed by atoms with Crippen LogP contribution in [0.1, 0.15) is 0 Å². The molecule has 0 radical (unpaired) electrons. The Morgan fingerprint density at radius 3 is 2.92 bits per heavy atom. The average molecular weight is 163 g/mol. The van der Waals surface area contributed by atoms with E-state index in [2.05, 4.69) is 21.3 Å². The summed E-state index contributed by atoms with van der Waals surface area (Å²) >= 11 is 0. The molecule has 1 aliphatic heterocycles. The smallest absolute Gasteiger partial charge is 0.0489 e. The van der Waals surface area contributed by atoms with E-state index >= 15 is 0 Å². The van der Waals surface area contributed by atoms with Gasteiger partial charge in [-0.25, -0.2) is 0 Å². The van der Waals surface area contributed by atoms with Crippen LogP contribution in [-0.2, 0) is 6.54 Å². The van der Waals surface area contributed by atoms with E-state index in [1.807, 2.05) is 12.3 Å². The van der Waals surface area contributed by atoms with Crippen molar-refractivity contribution in [1.29, 1.82) is 0 Å². The lowest BCUT2D eigenvalue weighted by atomic mass is 10.3. The number of rotatable bonds is 2. The molecule has 0 bridgehead atoms. The molecule has 1 saturated carbocycles. The fourth-order valence-corrected chi connectivity index (χ4v) is 2.44. The minimum absolute atomic E-state index is 0.908. The van der Waals surface area contributed by atoms with Crippen LogP contribution in [0.3, 0.4) is 0 Å². The van der Waals surface area contributed by atoms with Gasteiger partial charge in [-0.2, -0.15) is 5.10 Å². The highest BCUT2D eigenvalue weighted by Crippen LogP contribution is 2.49. The summed E-state index contributed by atoms with van der Waals surface area (Å²) in [5.74, 6) is 2.81. The molecule has 12 heavy (non-hydrogen) atoms. The van der Waals surface area contributed by atoms with Crippen molar-refractivity contribution in [2.75, 3.05) is 13.1 Å². The minimum atomic E-state index is 0.908. The fraction of sp³-hybridized carbons (Fsp3) is 0.667. The maximum Gasteiger partial charge on any atom is 0.0489 e. The number of aromatic nitrogens is 2. The highest BCUT2D eigenvalue weighted by atomic mass is 15.3. The van der Waals surface area contributed by atoms with E-state index in [-0.39, 0.29) is 0 Å². The van der Waals surface area contributed by atoms with Crippen LogP contribution in [0.4, 0.5) is 0 Å². The molecule has 3 rings (SSSR count). The Kier molecular flexibility index (Phi) is 1.29. The zero-order chi connectivity index (χ0) is 7.97. The fourth-order valence-electron chi connectivity index (χ4n) is 2.44. The van der Waals surface area contributed by atoms with Gasteiger partial charge in [0.15, 0.2) is 0 Å². The molecule has 2 heterocycles. The molecule has 1 aromatic rings. The molecule has 3 heteroatoms. The van der Waals surface area contributed by atoms with Gasteiger partial charge in [-0.15, -0.1) is 0 Å². The first-order valence-corrected chi connectivity index (χ1v) is 4.63. The molecule has 0 aromatic carbocycles. The number of hydrogen-bond acceptors (Lipinski definition) is 2. The first-order chi connectivity index (χ1) is 5.95. The summed E-state index contributed by atoms with van der Waals surface area (Å²) in [5.41, 5.74) is 0. The monoisotopic (exact) mass is 163 g/mol. The quantitative estimate of drug-likeness (QED) is 0.681. The van der Waals surface area contributed by atoms with Crippen LogP contribution in [0.15, 0.2) is 18.5 Å². The van der Waals surface area contributed by atoms with Gasteiger partial charge in [0.2, 0.25) is 0 Å². The Balaban J connectivity index is 1.65. The summed E-state index contributed by atoms with van der Waals surface area (Å²) in [4.78, 5) is 0. The largest absolute Gasteiger partial charge is 0.316 e. The van der Waals surface area contributed by atoms with E-state index in [0.717, 1.165) is 24.3 Å². The zero-order valence-corrected chi connectivity index (χ0v) is 6.98. The van der Waals surface area contributed by atoms with Crippen LogP contribution >= 0.6 is 0 Å². The third kappa shape index (κ3) is 0.894. The number of nitrogens with zero attached hydrogens (tertiary/aromatic N) is 2. The molecule has 0 spiro atoms. The average Bonchev–Trinajstić information content (AvgIpc) is 2.59. The van der Waals surface area contributed by atoms with Crippen LogP contribution in [0.25, 0.3) is 0 Å². The summed E-state index contributed by atoms with van der Waals surface area (Å²) in [6.45, 7) is 3.59. The second kappa shape index (κ2) is 2.33. The van der Waals surface area contributed by atoms with E-state index in [1.54, 1.807) is 0 Å². The van der Waals surface area contributed by atoms with E-state index in [0.29, 0.717) is 0 Å². The lowest BCUT2D eigenvalue weighted by Gasteiger charge is -2.03. The van der Waals surface area contributed by atoms with Gasteiger partial charge in [0.25, 0.3) is 0 Å². The molecule has 1 saturated heterocycles. The van der Waals surface area contributed by atoms with Crippen molar-refractivity contribution in [1.82, 2.24) is 15.1 Å². The Labute approximate surface area is 71.8 Å². The van der Waals surface area contributed by atoms with E-state index < -0.39 is 0 Å². The molecule has 3 atom stereocenters. The Bertz CT molecular complexity index is 257. The predicted octanol–water partition coefficient (Wildman–Crippen LogP) is 0.348. The maximum absolute atomic E-state index is 4.22.